The first-order valence-electron chi connectivity index (χ1n) is 11.4. The van der Waals surface area contributed by atoms with Crippen LogP contribution < -0.4 is 0 Å². The van der Waals surface area contributed by atoms with E-state index in [1.54, 1.807) is 11.3 Å². The molecule has 1 aliphatic heterocycles. The molecule has 0 unspecified atom stereocenters. The first kappa shape index (κ1) is 22.7. The Morgan fingerprint density at radius 2 is 1.66 bits per heavy atom. The van der Waals surface area contributed by atoms with Gasteiger partial charge in [-0.1, -0.05) is 60.7 Å². The molecule has 3 aromatic rings. The second-order valence-corrected chi connectivity index (χ2v) is 9.52. The third-order valence-corrected chi connectivity index (χ3v) is 7.19. The fourth-order valence-electron chi connectivity index (χ4n) is 4.29. The van der Waals surface area contributed by atoms with Crippen LogP contribution in [0.4, 0.5) is 0 Å². The number of ether oxygens (including phenoxy) is 1. The zero-order valence-corrected chi connectivity index (χ0v) is 19.6. The molecule has 32 heavy (non-hydrogen) atoms. The molecule has 0 atom stereocenters. The lowest BCUT2D eigenvalue weighted by molar-refractivity contribution is -0.140. The molecule has 0 N–H and O–H groups in total. The Balaban J connectivity index is 1.35. The van der Waals surface area contributed by atoms with Gasteiger partial charge in [0.05, 0.1) is 13.2 Å². The highest BCUT2D eigenvalue weighted by Gasteiger charge is 2.28. The van der Waals surface area contributed by atoms with Crippen molar-refractivity contribution in [2.75, 3.05) is 19.7 Å². The average Bonchev–Trinajstić information content (AvgIpc) is 3.24. The van der Waals surface area contributed by atoms with E-state index in [1.807, 2.05) is 30.3 Å². The van der Waals surface area contributed by atoms with Gasteiger partial charge in [0, 0.05) is 30.6 Å². The fraction of sp³-hybridized carbons (Fsp3) is 0.370. The van der Waals surface area contributed by atoms with Gasteiger partial charge in [0.25, 0.3) is 0 Å². The molecule has 4 nitrogen and oxygen atoms in total. The number of rotatable bonds is 9. The number of amides is 1. The summed E-state index contributed by atoms with van der Waals surface area (Å²) in [5, 5.41) is 2.11. The molecular weight excluding hydrogens is 416 g/mol. The Morgan fingerprint density at radius 3 is 2.28 bits per heavy atom. The van der Waals surface area contributed by atoms with E-state index in [0.29, 0.717) is 13.2 Å². The van der Waals surface area contributed by atoms with E-state index >= 15 is 0 Å². The molecule has 1 aliphatic rings. The minimum atomic E-state index is 0.0928. The van der Waals surface area contributed by atoms with Gasteiger partial charge in [0.2, 0.25) is 5.91 Å². The molecular formula is C27H32N2O2S. The number of thiophene rings is 1. The number of carbonyl (C=O) groups excluding carboxylic acids is 1. The molecule has 0 bridgehead atoms. The Bertz CT molecular complexity index is 966. The van der Waals surface area contributed by atoms with Crippen molar-refractivity contribution in [1.29, 1.82) is 0 Å². The van der Waals surface area contributed by atoms with Crippen molar-refractivity contribution < 1.29 is 9.53 Å². The van der Waals surface area contributed by atoms with Crippen molar-refractivity contribution in [3.05, 3.63) is 93.7 Å². The van der Waals surface area contributed by atoms with E-state index in [2.05, 4.69) is 58.5 Å². The van der Waals surface area contributed by atoms with Crippen LogP contribution in [-0.4, -0.2) is 41.4 Å². The highest BCUT2D eigenvalue weighted by molar-refractivity contribution is 7.10. The fourth-order valence-corrected chi connectivity index (χ4v) is 5.19. The van der Waals surface area contributed by atoms with Crippen molar-refractivity contribution in [3.8, 4) is 0 Å². The lowest BCUT2D eigenvalue weighted by Gasteiger charge is -2.38. The van der Waals surface area contributed by atoms with Crippen LogP contribution in [-0.2, 0) is 29.2 Å². The second-order valence-electron chi connectivity index (χ2n) is 8.52. The van der Waals surface area contributed by atoms with Crippen LogP contribution in [0.3, 0.4) is 0 Å². The Labute approximate surface area is 195 Å². The van der Waals surface area contributed by atoms with Crippen LogP contribution >= 0.6 is 11.3 Å². The van der Waals surface area contributed by atoms with Gasteiger partial charge in [0.1, 0.15) is 6.61 Å². The van der Waals surface area contributed by atoms with Crippen LogP contribution in [0.5, 0.6) is 0 Å². The van der Waals surface area contributed by atoms with Crippen molar-refractivity contribution in [2.24, 2.45) is 0 Å². The minimum absolute atomic E-state index is 0.0928. The first-order valence-corrected chi connectivity index (χ1v) is 12.3. The maximum atomic E-state index is 13.2. The van der Waals surface area contributed by atoms with Gasteiger partial charge in [0.15, 0.2) is 0 Å². The summed E-state index contributed by atoms with van der Waals surface area (Å²) < 4.78 is 5.80. The number of benzene rings is 2. The van der Waals surface area contributed by atoms with Crippen molar-refractivity contribution >= 4 is 17.2 Å². The van der Waals surface area contributed by atoms with Crippen LogP contribution in [0.25, 0.3) is 0 Å². The molecule has 0 saturated carbocycles. The van der Waals surface area contributed by atoms with Crippen molar-refractivity contribution in [1.82, 2.24) is 9.80 Å². The predicted octanol–water partition coefficient (Wildman–Crippen LogP) is 5.27. The number of aryl methyl sites for hydroxylation is 1. The van der Waals surface area contributed by atoms with Gasteiger partial charge in [-0.25, -0.2) is 0 Å². The summed E-state index contributed by atoms with van der Waals surface area (Å²) in [6.07, 6.45) is 2.00. The summed E-state index contributed by atoms with van der Waals surface area (Å²) in [6, 6.07) is 23.1. The van der Waals surface area contributed by atoms with E-state index < -0.39 is 0 Å². The third-order valence-electron chi connectivity index (χ3n) is 6.19. The lowest BCUT2D eigenvalue weighted by atomic mass is 10.0. The molecule has 1 fully saturated rings. The van der Waals surface area contributed by atoms with Gasteiger partial charge in [-0.15, -0.1) is 11.3 Å². The molecule has 1 aromatic heterocycles. The second kappa shape index (κ2) is 11.4. The number of nitrogens with zero attached hydrogens (tertiary/aromatic N) is 2. The van der Waals surface area contributed by atoms with Gasteiger partial charge in [-0.3, -0.25) is 9.69 Å². The molecule has 168 valence electrons. The number of likely N-dealkylation sites (tertiary alicyclic amines) is 1. The largest absolute Gasteiger partial charge is 0.367 e. The van der Waals surface area contributed by atoms with Crippen molar-refractivity contribution in [3.63, 3.8) is 0 Å². The summed E-state index contributed by atoms with van der Waals surface area (Å²) in [7, 11) is 0. The molecule has 2 heterocycles. The molecule has 0 spiro atoms. The predicted molar refractivity (Wildman–Crippen MR) is 130 cm³/mol. The number of piperidine rings is 1. The van der Waals surface area contributed by atoms with E-state index in [1.165, 1.54) is 16.0 Å². The van der Waals surface area contributed by atoms with Gasteiger partial charge in [-0.05, 0) is 47.9 Å². The smallest absolute Gasteiger partial charge is 0.249 e. The Hall–Kier alpha value is -2.47. The Morgan fingerprint density at radius 1 is 1.00 bits per heavy atom. The quantitative estimate of drug-likeness (QED) is 0.447. The maximum Gasteiger partial charge on any atom is 0.249 e. The highest BCUT2D eigenvalue weighted by Crippen LogP contribution is 2.24. The summed E-state index contributed by atoms with van der Waals surface area (Å²) in [6.45, 7) is 6.40. The molecule has 2 aromatic carbocycles. The normalized spacial score (nSPS) is 15.0. The number of carbonyl (C=O) groups is 1. The van der Waals surface area contributed by atoms with Gasteiger partial charge >= 0.3 is 0 Å². The standard InChI is InChI=1S/C27H32N2O2S/c1-22-14-17-32-26(22)19-29(27(30)21-31-20-24-10-6-3-7-11-24)25-12-15-28(16-13-25)18-23-8-4-2-5-9-23/h2-11,14,17,25H,12-13,15-16,18-21H2,1H3. The molecule has 0 radical (unpaired) electrons. The van der Waals surface area contributed by atoms with Crippen LogP contribution in [0.1, 0.15) is 34.4 Å². The monoisotopic (exact) mass is 448 g/mol. The first-order chi connectivity index (χ1) is 15.7. The highest BCUT2D eigenvalue weighted by atomic mass is 32.1. The molecule has 1 saturated heterocycles. The van der Waals surface area contributed by atoms with Crippen LogP contribution in [0.2, 0.25) is 0 Å². The lowest BCUT2D eigenvalue weighted by Crippen LogP contribution is -2.47. The summed E-state index contributed by atoms with van der Waals surface area (Å²) in [4.78, 5) is 19.1. The molecule has 1 amide bonds. The topological polar surface area (TPSA) is 32.8 Å². The third kappa shape index (κ3) is 6.28. The van der Waals surface area contributed by atoms with E-state index in [4.69, 9.17) is 4.74 Å². The van der Waals surface area contributed by atoms with E-state index in [-0.39, 0.29) is 18.6 Å². The zero-order valence-electron chi connectivity index (χ0n) is 18.8. The van der Waals surface area contributed by atoms with Crippen LogP contribution in [0.15, 0.2) is 72.1 Å². The number of hydrogen-bond donors (Lipinski definition) is 0. The maximum absolute atomic E-state index is 13.2. The molecule has 5 heteroatoms. The van der Waals surface area contributed by atoms with E-state index in [0.717, 1.165) is 38.0 Å². The van der Waals surface area contributed by atoms with Crippen molar-refractivity contribution in [2.45, 2.75) is 45.5 Å². The molecule has 4 rings (SSSR count). The SMILES string of the molecule is Cc1ccsc1CN(C(=O)COCc1ccccc1)C1CCN(Cc2ccccc2)CC1. The van der Waals surface area contributed by atoms with E-state index in [9.17, 15) is 4.79 Å². The summed E-state index contributed by atoms with van der Waals surface area (Å²) >= 11 is 1.74. The van der Waals surface area contributed by atoms with Crippen LogP contribution in [0, 0.1) is 6.92 Å². The summed E-state index contributed by atoms with van der Waals surface area (Å²) in [5.41, 5.74) is 3.71. The average molecular weight is 449 g/mol. The zero-order chi connectivity index (χ0) is 22.2. The van der Waals surface area contributed by atoms with Gasteiger partial charge < -0.3 is 9.64 Å². The summed E-state index contributed by atoms with van der Waals surface area (Å²) in [5.74, 6) is 0.0928. The van der Waals surface area contributed by atoms with Gasteiger partial charge in [-0.2, -0.15) is 0 Å². The Kier molecular flexibility index (Phi) is 8.10. The molecule has 0 aliphatic carbocycles. The number of hydrogen-bond acceptors (Lipinski definition) is 4. The minimum Gasteiger partial charge on any atom is -0.367 e.